The summed E-state index contributed by atoms with van der Waals surface area (Å²) in [7, 11) is 0. The lowest BCUT2D eigenvalue weighted by molar-refractivity contribution is -0.151. The first-order valence-corrected chi connectivity index (χ1v) is 5.80. The van der Waals surface area contributed by atoms with E-state index in [1.807, 2.05) is 0 Å². The molecule has 1 aromatic rings. The lowest BCUT2D eigenvalue weighted by Crippen LogP contribution is -2.29. The van der Waals surface area contributed by atoms with Gasteiger partial charge in [-0.25, -0.2) is 13.6 Å². The van der Waals surface area contributed by atoms with Crippen LogP contribution in [-0.2, 0) is 9.53 Å². The number of hydrogen-bond acceptors (Lipinski definition) is 4. The van der Waals surface area contributed by atoms with Crippen LogP contribution in [-0.4, -0.2) is 25.0 Å². The quantitative estimate of drug-likeness (QED) is 0.589. The predicted octanol–water partition coefficient (Wildman–Crippen LogP) is 2.50. The van der Waals surface area contributed by atoms with E-state index in [9.17, 15) is 18.4 Å². The van der Waals surface area contributed by atoms with Gasteiger partial charge >= 0.3 is 5.97 Å². The lowest BCUT2D eigenvalue weighted by Gasteiger charge is -2.17. The highest BCUT2D eigenvalue weighted by molar-refractivity contribution is 5.76. The third-order valence-electron chi connectivity index (χ3n) is 2.34. The number of carbonyl (C=O) groups is 2. The molecule has 1 rings (SSSR count). The average Bonchev–Trinajstić information content (AvgIpc) is 2.38. The minimum atomic E-state index is -1.09. The molecule has 0 fully saturated rings. The van der Waals surface area contributed by atoms with Gasteiger partial charge in [0.2, 0.25) is 0 Å². The van der Waals surface area contributed by atoms with E-state index in [0.29, 0.717) is 6.29 Å². The normalized spacial score (nSPS) is 11.8. The molecular weight excluding hydrogens is 258 g/mol. The molecule has 0 radical (unpaired) electrons. The van der Waals surface area contributed by atoms with Crippen molar-refractivity contribution in [1.82, 2.24) is 0 Å². The SMILES string of the molecule is CCOC(=O)C(CC)Oc1c(F)cc(C=O)cc1F. The maximum Gasteiger partial charge on any atom is 0.347 e. The zero-order valence-electron chi connectivity index (χ0n) is 10.6. The van der Waals surface area contributed by atoms with Crippen molar-refractivity contribution < 1.29 is 27.8 Å². The Kier molecular flexibility index (Phi) is 5.41. The summed E-state index contributed by atoms with van der Waals surface area (Å²) in [5, 5.41) is 0. The van der Waals surface area contributed by atoms with Gasteiger partial charge < -0.3 is 9.47 Å². The van der Waals surface area contributed by atoms with Crippen LogP contribution >= 0.6 is 0 Å². The molecular formula is C13H14F2O4. The summed E-state index contributed by atoms with van der Waals surface area (Å²) in [5.41, 5.74) is -0.147. The van der Waals surface area contributed by atoms with Crippen LogP contribution in [0.5, 0.6) is 5.75 Å². The van der Waals surface area contributed by atoms with E-state index in [1.165, 1.54) is 0 Å². The second-order valence-electron chi connectivity index (χ2n) is 3.70. The van der Waals surface area contributed by atoms with Crippen molar-refractivity contribution in [3.05, 3.63) is 29.3 Å². The molecule has 1 atom stereocenters. The first-order chi connectivity index (χ1) is 9.03. The van der Waals surface area contributed by atoms with Crippen molar-refractivity contribution in [3.8, 4) is 5.75 Å². The van der Waals surface area contributed by atoms with Gasteiger partial charge in [0, 0.05) is 5.56 Å². The summed E-state index contributed by atoms with van der Waals surface area (Å²) in [6.45, 7) is 3.38. The minimum absolute atomic E-state index is 0.147. The fourth-order valence-electron chi connectivity index (χ4n) is 1.44. The highest BCUT2D eigenvalue weighted by Gasteiger charge is 2.23. The Labute approximate surface area is 109 Å². The highest BCUT2D eigenvalue weighted by Crippen LogP contribution is 2.24. The van der Waals surface area contributed by atoms with E-state index < -0.39 is 29.5 Å². The molecule has 0 N–H and O–H groups in total. The Balaban J connectivity index is 2.97. The molecule has 0 aliphatic rings. The molecule has 104 valence electrons. The summed E-state index contributed by atoms with van der Waals surface area (Å²) in [6, 6.07) is 1.67. The maximum atomic E-state index is 13.6. The van der Waals surface area contributed by atoms with Crippen LogP contribution in [0, 0.1) is 11.6 Å². The van der Waals surface area contributed by atoms with Crippen LogP contribution in [0.25, 0.3) is 0 Å². The Morgan fingerprint density at radius 3 is 2.32 bits per heavy atom. The fraction of sp³-hybridized carbons (Fsp3) is 0.385. The number of aldehydes is 1. The van der Waals surface area contributed by atoms with Crippen molar-refractivity contribution in [2.45, 2.75) is 26.4 Å². The summed E-state index contributed by atoms with van der Waals surface area (Å²) < 4.78 is 36.9. The molecule has 1 unspecified atom stereocenters. The zero-order valence-corrected chi connectivity index (χ0v) is 10.6. The molecule has 0 heterocycles. The summed E-state index contributed by atoms with van der Waals surface area (Å²) >= 11 is 0. The van der Waals surface area contributed by atoms with E-state index in [0.717, 1.165) is 12.1 Å². The van der Waals surface area contributed by atoms with Crippen LogP contribution in [0.3, 0.4) is 0 Å². The number of hydrogen-bond donors (Lipinski definition) is 0. The average molecular weight is 272 g/mol. The van der Waals surface area contributed by atoms with Gasteiger partial charge in [-0.3, -0.25) is 4.79 Å². The third-order valence-corrected chi connectivity index (χ3v) is 2.34. The van der Waals surface area contributed by atoms with Gasteiger partial charge in [-0.1, -0.05) is 6.92 Å². The summed E-state index contributed by atoms with van der Waals surface area (Å²) in [5.74, 6) is -3.46. The summed E-state index contributed by atoms with van der Waals surface area (Å²) in [6.07, 6.45) is -0.572. The Morgan fingerprint density at radius 2 is 1.89 bits per heavy atom. The van der Waals surface area contributed by atoms with Gasteiger partial charge in [-0.05, 0) is 25.5 Å². The molecule has 0 spiro atoms. The number of halogens is 2. The molecule has 0 saturated carbocycles. The fourth-order valence-corrected chi connectivity index (χ4v) is 1.44. The molecule has 0 bridgehead atoms. The highest BCUT2D eigenvalue weighted by atomic mass is 19.1. The Morgan fingerprint density at radius 1 is 1.32 bits per heavy atom. The Hall–Kier alpha value is -1.98. The second-order valence-corrected chi connectivity index (χ2v) is 3.70. The van der Waals surface area contributed by atoms with Crippen molar-refractivity contribution in [3.63, 3.8) is 0 Å². The van der Waals surface area contributed by atoms with Gasteiger partial charge in [0.1, 0.15) is 6.29 Å². The van der Waals surface area contributed by atoms with E-state index >= 15 is 0 Å². The first kappa shape index (κ1) is 15.1. The number of esters is 1. The van der Waals surface area contributed by atoms with E-state index in [1.54, 1.807) is 13.8 Å². The number of benzene rings is 1. The van der Waals surface area contributed by atoms with Gasteiger partial charge in [0.05, 0.1) is 6.61 Å². The van der Waals surface area contributed by atoms with E-state index in [2.05, 4.69) is 0 Å². The van der Waals surface area contributed by atoms with Gasteiger partial charge in [-0.2, -0.15) is 0 Å². The molecule has 0 aliphatic heterocycles. The van der Waals surface area contributed by atoms with Crippen LogP contribution in [0.1, 0.15) is 30.6 Å². The van der Waals surface area contributed by atoms with Gasteiger partial charge in [0.15, 0.2) is 23.5 Å². The monoisotopic (exact) mass is 272 g/mol. The van der Waals surface area contributed by atoms with Gasteiger partial charge in [-0.15, -0.1) is 0 Å². The van der Waals surface area contributed by atoms with E-state index in [4.69, 9.17) is 9.47 Å². The van der Waals surface area contributed by atoms with Gasteiger partial charge in [0.25, 0.3) is 0 Å². The van der Waals surface area contributed by atoms with Crippen molar-refractivity contribution in [2.75, 3.05) is 6.61 Å². The second kappa shape index (κ2) is 6.82. The van der Waals surface area contributed by atoms with Crippen LogP contribution in [0.15, 0.2) is 12.1 Å². The molecule has 0 amide bonds. The van der Waals surface area contributed by atoms with Crippen molar-refractivity contribution in [1.29, 1.82) is 0 Å². The van der Waals surface area contributed by atoms with Crippen molar-refractivity contribution >= 4 is 12.3 Å². The molecule has 19 heavy (non-hydrogen) atoms. The smallest absolute Gasteiger partial charge is 0.347 e. The molecule has 0 aromatic heterocycles. The molecule has 1 aromatic carbocycles. The minimum Gasteiger partial charge on any atom is -0.473 e. The van der Waals surface area contributed by atoms with Crippen LogP contribution in [0.2, 0.25) is 0 Å². The number of rotatable bonds is 6. The van der Waals surface area contributed by atoms with Crippen LogP contribution in [0.4, 0.5) is 8.78 Å². The molecule has 0 aliphatic carbocycles. The lowest BCUT2D eigenvalue weighted by atomic mass is 10.2. The van der Waals surface area contributed by atoms with E-state index in [-0.39, 0.29) is 18.6 Å². The van der Waals surface area contributed by atoms with Crippen LogP contribution < -0.4 is 4.74 Å². The maximum absolute atomic E-state index is 13.6. The molecule has 4 nitrogen and oxygen atoms in total. The molecule has 6 heteroatoms. The Bertz CT molecular complexity index is 451. The first-order valence-electron chi connectivity index (χ1n) is 5.80. The number of ether oxygens (including phenoxy) is 2. The molecule has 0 saturated heterocycles. The standard InChI is InChI=1S/C13H14F2O4/c1-3-11(13(17)18-4-2)19-12-9(14)5-8(7-16)6-10(12)15/h5-7,11H,3-4H2,1-2H3. The van der Waals surface area contributed by atoms with Crippen molar-refractivity contribution in [2.24, 2.45) is 0 Å². The number of carbonyl (C=O) groups excluding carboxylic acids is 2. The topological polar surface area (TPSA) is 52.6 Å². The zero-order chi connectivity index (χ0) is 14.4. The third kappa shape index (κ3) is 3.74. The summed E-state index contributed by atoms with van der Waals surface area (Å²) in [4.78, 5) is 21.9. The largest absolute Gasteiger partial charge is 0.473 e. The predicted molar refractivity (Wildman–Crippen MR) is 63.1 cm³/mol.